The zero-order valence-corrected chi connectivity index (χ0v) is 21.2. The van der Waals surface area contributed by atoms with Gasteiger partial charge in [-0.2, -0.15) is 18.4 Å². The number of esters is 1. The fraction of sp³-hybridized carbons (Fsp3) is 0.458. The third kappa shape index (κ3) is 5.26. The molecule has 2 N–H and O–H groups in total. The number of ether oxygens (including phenoxy) is 1. The van der Waals surface area contributed by atoms with E-state index in [1.165, 1.54) is 24.3 Å². The lowest BCUT2D eigenvalue weighted by Gasteiger charge is -2.34. The van der Waals surface area contributed by atoms with Gasteiger partial charge in [-0.15, -0.1) is 11.3 Å². The Kier molecular flexibility index (Phi) is 7.44. The zero-order valence-electron chi connectivity index (χ0n) is 19.6. The number of methoxy groups -OCH3 is 1. The molecule has 6 nitrogen and oxygen atoms in total. The average Bonchev–Trinajstić information content (AvgIpc) is 3.12. The summed E-state index contributed by atoms with van der Waals surface area (Å²) in [5.41, 5.74) is -3.14. The summed E-state index contributed by atoms with van der Waals surface area (Å²) in [6.07, 6.45) is -3.40. The number of thiophene rings is 1. The van der Waals surface area contributed by atoms with Crippen LogP contribution in [0.5, 0.6) is 0 Å². The molecule has 2 aromatic rings. The van der Waals surface area contributed by atoms with Crippen molar-refractivity contribution in [1.82, 2.24) is 5.32 Å². The highest BCUT2D eigenvalue weighted by molar-refractivity contribution is 7.16. The van der Waals surface area contributed by atoms with Crippen LogP contribution in [0.15, 0.2) is 24.3 Å². The van der Waals surface area contributed by atoms with Gasteiger partial charge in [0.15, 0.2) is 0 Å². The third-order valence-corrected chi connectivity index (χ3v) is 7.61. The molecule has 0 bridgehead atoms. The predicted molar refractivity (Wildman–Crippen MR) is 127 cm³/mol. The summed E-state index contributed by atoms with van der Waals surface area (Å²) in [6, 6.07) is 7.26. The van der Waals surface area contributed by atoms with Gasteiger partial charge in [0.25, 0.3) is 5.91 Å². The van der Waals surface area contributed by atoms with Crippen LogP contribution in [0.4, 0.5) is 18.2 Å². The van der Waals surface area contributed by atoms with Crippen LogP contribution in [0.1, 0.15) is 53.6 Å². The Morgan fingerprint density at radius 2 is 1.94 bits per heavy atom. The molecule has 1 aliphatic carbocycles. The van der Waals surface area contributed by atoms with E-state index in [2.05, 4.69) is 30.8 Å². The van der Waals surface area contributed by atoms with Gasteiger partial charge in [0.1, 0.15) is 11.1 Å². The summed E-state index contributed by atoms with van der Waals surface area (Å²) in [7, 11) is 0.786. The van der Waals surface area contributed by atoms with Crippen LogP contribution in [-0.4, -0.2) is 30.8 Å². The number of anilines is 1. The van der Waals surface area contributed by atoms with Crippen LogP contribution in [0.2, 0.25) is 5.02 Å². The monoisotopic (exact) mass is 527 g/mol. The summed E-state index contributed by atoms with van der Waals surface area (Å²) in [6.45, 7) is 6.29. The largest absolute Gasteiger partial charge is 0.466 e. The van der Waals surface area contributed by atoms with E-state index < -0.39 is 23.7 Å². The minimum absolute atomic E-state index is 0.0191. The Bertz CT molecular complexity index is 1180. The molecular weight excluding hydrogens is 503 g/mol. The minimum atomic E-state index is -5.32. The quantitative estimate of drug-likeness (QED) is 0.384. The van der Waals surface area contributed by atoms with Gasteiger partial charge in [0, 0.05) is 15.5 Å². The molecule has 0 spiro atoms. The number of carbonyl (C=O) groups excluding carboxylic acids is 2. The van der Waals surface area contributed by atoms with E-state index in [0.717, 1.165) is 29.7 Å². The highest BCUT2D eigenvalue weighted by Gasteiger charge is 2.64. The number of rotatable bonds is 5. The number of carbonyl (C=O) groups is 2. The van der Waals surface area contributed by atoms with Crippen molar-refractivity contribution in [2.75, 3.05) is 12.4 Å². The molecule has 1 aromatic carbocycles. The van der Waals surface area contributed by atoms with Crippen LogP contribution in [0.3, 0.4) is 0 Å². The van der Waals surface area contributed by atoms with Gasteiger partial charge < -0.3 is 15.4 Å². The summed E-state index contributed by atoms with van der Waals surface area (Å²) >= 11 is 6.86. The van der Waals surface area contributed by atoms with Crippen molar-refractivity contribution in [1.29, 1.82) is 5.26 Å². The van der Waals surface area contributed by atoms with Crippen molar-refractivity contribution >= 4 is 39.8 Å². The lowest BCUT2D eigenvalue weighted by molar-refractivity contribution is -0.203. The molecule has 0 saturated heterocycles. The standard InChI is InChI=1S/C24H25ClF3N3O3S/c1-22(2,3)14-8-9-16-17(12-29)20(35-18(16)11-14)31-23(21(33)34-4,24(26,27)28)30-19(32)13-6-5-7-15(25)10-13/h5-7,10,14,31H,8-9,11H2,1-4H3,(H,30,32)/t14-,23-/m0/s1. The molecule has 35 heavy (non-hydrogen) atoms. The first kappa shape index (κ1) is 26.8. The second-order valence-electron chi connectivity index (χ2n) is 9.45. The molecule has 0 radical (unpaired) electrons. The van der Waals surface area contributed by atoms with Crippen LogP contribution in [0, 0.1) is 22.7 Å². The molecule has 1 amide bonds. The topological polar surface area (TPSA) is 91.2 Å². The third-order valence-electron chi connectivity index (χ3n) is 6.21. The van der Waals surface area contributed by atoms with Crippen molar-refractivity contribution in [3.05, 3.63) is 50.9 Å². The van der Waals surface area contributed by atoms with Crippen LogP contribution < -0.4 is 10.6 Å². The number of nitriles is 1. The SMILES string of the molecule is COC(=O)[C@](NC(=O)c1cccc(Cl)c1)(Nc1sc2c(c1C#N)CC[C@H](C(C)(C)C)C2)C(F)(F)F. The van der Waals surface area contributed by atoms with E-state index in [9.17, 15) is 28.0 Å². The number of benzene rings is 1. The first-order valence-corrected chi connectivity index (χ1v) is 12.0. The van der Waals surface area contributed by atoms with Crippen LogP contribution >= 0.6 is 22.9 Å². The predicted octanol–water partition coefficient (Wildman–Crippen LogP) is 5.70. The summed E-state index contributed by atoms with van der Waals surface area (Å²) in [4.78, 5) is 26.2. The Morgan fingerprint density at radius 1 is 1.26 bits per heavy atom. The molecule has 1 aliphatic rings. The molecule has 1 aromatic heterocycles. The van der Waals surface area contributed by atoms with E-state index in [0.29, 0.717) is 18.4 Å². The van der Waals surface area contributed by atoms with E-state index in [1.807, 2.05) is 6.07 Å². The fourth-order valence-electron chi connectivity index (χ4n) is 4.12. The minimum Gasteiger partial charge on any atom is -0.466 e. The Morgan fingerprint density at radius 3 is 2.49 bits per heavy atom. The second kappa shape index (κ2) is 9.70. The molecular formula is C24H25ClF3N3O3S. The molecule has 3 rings (SSSR count). The number of hydrogen-bond donors (Lipinski definition) is 2. The molecule has 0 fully saturated rings. The fourth-order valence-corrected chi connectivity index (χ4v) is 5.64. The van der Waals surface area contributed by atoms with Crippen molar-refractivity contribution in [3.63, 3.8) is 0 Å². The maximum absolute atomic E-state index is 14.5. The van der Waals surface area contributed by atoms with Gasteiger partial charge in [-0.25, -0.2) is 4.79 Å². The Balaban J connectivity index is 2.08. The van der Waals surface area contributed by atoms with Crippen molar-refractivity contribution < 1.29 is 27.5 Å². The van der Waals surface area contributed by atoms with E-state index >= 15 is 0 Å². The van der Waals surface area contributed by atoms with E-state index in [4.69, 9.17) is 11.6 Å². The molecule has 188 valence electrons. The molecule has 1 heterocycles. The summed E-state index contributed by atoms with van der Waals surface area (Å²) in [5, 5.41) is 13.7. The van der Waals surface area contributed by atoms with Gasteiger partial charge >= 0.3 is 17.8 Å². The first-order valence-electron chi connectivity index (χ1n) is 10.8. The highest BCUT2D eigenvalue weighted by atomic mass is 35.5. The van der Waals surface area contributed by atoms with Gasteiger partial charge in [-0.3, -0.25) is 4.79 Å². The zero-order chi connectivity index (χ0) is 26.2. The number of halogens is 4. The van der Waals surface area contributed by atoms with Crippen molar-refractivity contribution in [3.8, 4) is 6.07 Å². The molecule has 0 aliphatic heterocycles. The van der Waals surface area contributed by atoms with Gasteiger partial charge in [-0.1, -0.05) is 38.4 Å². The number of fused-ring (bicyclic) bond motifs is 1. The maximum atomic E-state index is 14.5. The van der Waals surface area contributed by atoms with Crippen molar-refractivity contribution in [2.45, 2.75) is 51.9 Å². The van der Waals surface area contributed by atoms with Gasteiger partial charge in [0.2, 0.25) is 0 Å². The number of nitrogens with one attached hydrogen (secondary N) is 2. The summed E-state index contributed by atoms with van der Waals surface area (Å²) in [5.74, 6) is -2.69. The molecule has 0 unspecified atom stereocenters. The van der Waals surface area contributed by atoms with E-state index in [1.54, 1.807) is 5.32 Å². The maximum Gasteiger partial charge on any atom is 0.441 e. The lowest BCUT2D eigenvalue weighted by Crippen LogP contribution is -2.69. The normalized spacial score (nSPS) is 17.5. The Hall–Kier alpha value is -2.77. The van der Waals surface area contributed by atoms with Crippen LogP contribution in [0.25, 0.3) is 0 Å². The van der Waals surface area contributed by atoms with Gasteiger partial charge in [0.05, 0.1) is 12.7 Å². The van der Waals surface area contributed by atoms with E-state index in [-0.39, 0.29) is 32.5 Å². The lowest BCUT2D eigenvalue weighted by atomic mass is 9.72. The average molecular weight is 528 g/mol. The Labute approximate surface area is 210 Å². The number of hydrogen-bond acceptors (Lipinski definition) is 6. The molecule has 11 heteroatoms. The smallest absolute Gasteiger partial charge is 0.441 e. The highest BCUT2D eigenvalue weighted by Crippen LogP contribution is 2.45. The van der Waals surface area contributed by atoms with Gasteiger partial charge in [-0.05, 0) is 54.4 Å². The number of alkyl halides is 3. The number of nitrogens with zero attached hydrogens (tertiary/aromatic N) is 1. The van der Waals surface area contributed by atoms with Crippen molar-refractivity contribution in [2.24, 2.45) is 11.3 Å². The molecule has 0 saturated carbocycles. The van der Waals surface area contributed by atoms with Crippen LogP contribution in [-0.2, 0) is 22.4 Å². The first-order chi connectivity index (χ1) is 16.2. The summed E-state index contributed by atoms with van der Waals surface area (Å²) < 4.78 is 48.0. The molecule has 2 atom stereocenters. The number of amides is 1. The second-order valence-corrected chi connectivity index (χ2v) is 11.0.